The van der Waals surface area contributed by atoms with E-state index in [9.17, 15) is 18.0 Å². The maximum atomic E-state index is 11.6. The molecule has 0 aromatic rings. The average Bonchev–Trinajstić information content (AvgIpc) is 2.15. The Morgan fingerprint density at radius 2 is 2.00 bits per heavy atom. The summed E-state index contributed by atoms with van der Waals surface area (Å²) in [5, 5.41) is 0. The summed E-state index contributed by atoms with van der Waals surface area (Å²) in [6.45, 7) is -0.313. The molecule has 1 atom stereocenters. The molecule has 0 aromatic carbocycles. The first-order valence-electron chi connectivity index (χ1n) is 4.12. The molecule has 1 rings (SSSR count). The van der Waals surface area contributed by atoms with Gasteiger partial charge < -0.3 is 4.74 Å². The summed E-state index contributed by atoms with van der Waals surface area (Å²) in [6.07, 6.45) is 0. The van der Waals surface area contributed by atoms with Gasteiger partial charge in [0.1, 0.15) is 0 Å². The number of ether oxygens (including phenoxy) is 1. The summed E-state index contributed by atoms with van der Waals surface area (Å²) in [5.41, 5.74) is 0. The van der Waals surface area contributed by atoms with Crippen LogP contribution in [-0.2, 0) is 24.5 Å². The van der Waals surface area contributed by atoms with Crippen LogP contribution in [0.5, 0.6) is 0 Å². The van der Waals surface area contributed by atoms with E-state index in [1.807, 2.05) is 0 Å². The van der Waals surface area contributed by atoms with E-state index in [2.05, 4.69) is 4.74 Å². The van der Waals surface area contributed by atoms with Gasteiger partial charge in [0.25, 0.3) is 10.2 Å². The number of carbonyl (C=O) groups excluding carboxylic acids is 2. The molecule has 15 heavy (non-hydrogen) atoms. The maximum absolute atomic E-state index is 11.6. The van der Waals surface area contributed by atoms with Crippen LogP contribution in [0.4, 0.5) is 0 Å². The fourth-order valence-electron chi connectivity index (χ4n) is 1.33. The zero-order valence-corrected chi connectivity index (χ0v) is 9.44. The van der Waals surface area contributed by atoms with Gasteiger partial charge in [-0.1, -0.05) is 0 Å². The summed E-state index contributed by atoms with van der Waals surface area (Å²) < 4.78 is 29.1. The van der Waals surface area contributed by atoms with Crippen LogP contribution in [-0.4, -0.2) is 62.6 Å². The van der Waals surface area contributed by atoms with Gasteiger partial charge in [-0.25, -0.2) is 4.79 Å². The minimum atomic E-state index is -3.73. The summed E-state index contributed by atoms with van der Waals surface area (Å²) in [4.78, 5) is 22.7. The second-order valence-electron chi connectivity index (χ2n) is 3.17. The van der Waals surface area contributed by atoms with Crippen LogP contribution < -0.4 is 0 Å². The van der Waals surface area contributed by atoms with Gasteiger partial charge in [-0.3, -0.25) is 4.79 Å². The number of rotatable bonds is 1. The molecule has 0 spiro atoms. The highest BCUT2D eigenvalue weighted by Gasteiger charge is 2.45. The van der Waals surface area contributed by atoms with Crippen molar-refractivity contribution in [2.24, 2.45) is 0 Å². The van der Waals surface area contributed by atoms with Gasteiger partial charge in [0.2, 0.25) is 0 Å². The number of hydrogen-bond donors (Lipinski definition) is 0. The van der Waals surface area contributed by atoms with E-state index >= 15 is 0 Å². The van der Waals surface area contributed by atoms with Crippen molar-refractivity contribution in [3.63, 3.8) is 0 Å². The molecule has 0 aromatic heterocycles. The standard InChI is InChI=1S/C7H12N2O5S/c1-8-4-5(10)6(7(11)14-3)9(2)15(8,12)13/h6H,4H2,1-3H3. The van der Waals surface area contributed by atoms with Crippen molar-refractivity contribution in [2.45, 2.75) is 6.04 Å². The number of esters is 1. The van der Waals surface area contributed by atoms with Crippen LogP contribution in [0.2, 0.25) is 0 Å². The van der Waals surface area contributed by atoms with Crippen molar-refractivity contribution in [3.05, 3.63) is 0 Å². The summed E-state index contributed by atoms with van der Waals surface area (Å²) >= 11 is 0. The molecule has 7 nitrogen and oxygen atoms in total. The highest BCUT2D eigenvalue weighted by Crippen LogP contribution is 2.16. The van der Waals surface area contributed by atoms with Gasteiger partial charge in [-0.15, -0.1) is 0 Å². The predicted octanol–water partition coefficient (Wildman–Crippen LogP) is -1.78. The summed E-state index contributed by atoms with van der Waals surface area (Å²) in [7, 11) is -0.181. The van der Waals surface area contributed by atoms with E-state index in [4.69, 9.17) is 0 Å². The molecule has 0 radical (unpaired) electrons. The van der Waals surface area contributed by atoms with Crippen molar-refractivity contribution in [2.75, 3.05) is 27.7 Å². The van der Waals surface area contributed by atoms with E-state index < -0.39 is 28.0 Å². The van der Waals surface area contributed by atoms with Crippen LogP contribution in [0.1, 0.15) is 0 Å². The molecule has 1 heterocycles. The van der Waals surface area contributed by atoms with Crippen LogP contribution in [0.15, 0.2) is 0 Å². The predicted molar refractivity (Wildman–Crippen MR) is 50.1 cm³/mol. The molecule has 1 fully saturated rings. The fourth-order valence-corrected chi connectivity index (χ4v) is 2.54. The van der Waals surface area contributed by atoms with Gasteiger partial charge in [0, 0.05) is 14.1 Å². The lowest BCUT2D eigenvalue weighted by Gasteiger charge is -2.33. The third-order valence-electron chi connectivity index (χ3n) is 2.23. The Morgan fingerprint density at radius 1 is 1.47 bits per heavy atom. The molecule has 1 aliphatic rings. The number of hydrogen-bond acceptors (Lipinski definition) is 5. The van der Waals surface area contributed by atoms with Crippen LogP contribution >= 0.6 is 0 Å². The zero-order valence-electron chi connectivity index (χ0n) is 8.63. The second-order valence-corrected chi connectivity index (χ2v) is 5.27. The number of ketones is 1. The van der Waals surface area contributed by atoms with E-state index in [0.29, 0.717) is 4.31 Å². The van der Waals surface area contributed by atoms with Gasteiger partial charge in [0.05, 0.1) is 13.7 Å². The quantitative estimate of drug-likeness (QED) is 0.397. The molecule has 0 amide bonds. The fraction of sp³-hybridized carbons (Fsp3) is 0.714. The lowest BCUT2D eigenvalue weighted by atomic mass is 10.2. The minimum absolute atomic E-state index is 0.313. The van der Waals surface area contributed by atoms with E-state index in [1.54, 1.807) is 0 Å². The number of carbonyl (C=O) groups is 2. The molecule has 0 saturated carbocycles. The number of likely N-dealkylation sites (N-methyl/N-ethyl adjacent to an activating group) is 2. The second kappa shape index (κ2) is 3.87. The van der Waals surface area contributed by atoms with Gasteiger partial charge in [-0.2, -0.15) is 17.0 Å². The van der Waals surface area contributed by atoms with E-state index in [1.165, 1.54) is 14.1 Å². The first kappa shape index (κ1) is 12.1. The third-order valence-corrected chi connectivity index (χ3v) is 4.08. The first-order valence-corrected chi connectivity index (χ1v) is 5.52. The largest absolute Gasteiger partial charge is 0.467 e. The topological polar surface area (TPSA) is 84.0 Å². The van der Waals surface area contributed by atoms with Gasteiger partial charge in [0.15, 0.2) is 11.8 Å². The summed E-state index contributed by atoms with van der Waals surface area (Å²) in [5.74, 6) is -1.36. The molecular weight excluding hydrogens is 224 g/mol. The maximum Gasteiger partial charge on any atom is 0.331 e. The van der Waals surface area contributed by atoms with Crippen LogP contribution in [0.3, 0.4) is 0 Å². The SMILES string of the molecule is COC(=O)C1C(=O)CN(C)S(=O)(=O)N1C. The van der Waals surface area contributed by atoms with Crippen LogP contribution in [0, 0.1) is 0 Å². The summed E-state index contributed by atoms with van der Waals surface area (Å²) in [6, 6.07) is -1.36. The smallest absolute Gasteiger partial charge is 0.331 e. The number of methoxy groups -OCH3 is 1. The molecule has 0 aliphatic carbocycles. The Kier molecular flexibility index (Phi) is 3.12. The number of Topliss-reactive ketones (excluding diaryl/α,β-unsaturated/α-hetero) is 1. The third kappa shape index (κ3) is 1.87. The van der Waals surface area contributed by atoms with Crippen molar-refractivity contribution in [1.82, 2.24) is 8.61 Å². The Morgan fingerprint density at radius 3 is 2.47 bits per heavy atom. The Labute approximate surface area is 87.8 Å². The monoisotopic (exact) mass is 236 g/mol. The lowest BCUT2D eigenvalue weighted by molar-refractivity contribution is -0.149. The van der Waals surface area contributed by atoms with Crippen molar-refractivity contribution >= 4 is 22.0 Å². The minimum Gasteiger partial charge on any atom is -0.467 e. The lowest BCUT2D eigenvalue weighted by Crippen LogP contribution is -2.59. The molecule has 1 unspecified atom stereocenters. The highest BCUT2D eigenvalue weighted by molar-refractivity contribution is 7.86. The molecule has 86 valence electrons. The molecule has 0 bridgehead atoms. The van der Waals surface area contributed by atoms with E-state index in [-0.39, 0.29) is 6.54 Å². The first-order chi connectivity index (χ1) is 6.82. The normalized spacial score (nSPS) is 27.7. The van der Waals surface area contributed by atoms with Crippen molar-refractivity contribution in [3.8, 4) is 0 Å². The molecule has 1 saturated heterocycles. The highest BCUT2D eigenvalue weighted by atomic mass is 32.2. The number of nitrogens with zero attached hydrogens (tertiary/aromatic N) is 2. The molecule has 8 heteroatoms. The Balaban J connectivity index is 3.10. The molecule has 1 aliphatic heterocycles. The molecule has 0 N–H and O–H groups in total. The van der Waals surface area contributed by atoms with Crippen molar-refractivity contribution in [1.29, 1.82) is 0 Å². The Bertz CT molecular complexity index is 390. The van der Waals surface area contributed by atoms with E-state index in [0.717, 1.165) is 11.4 Å². The van der Waals surface area contributed by atoms with Crippen LogP contribution in [0.25, 0.3) is 0 Å². The van der Waals surface area contributed by atoms with Gasteiger partial charge in [-0.05, 0) is 0 Å². The average molecular weight is 236 g/mol. The van der Waals surface area contributed by atoms with Crippen molar-refractivity contribution < 1.29 is 22.7 Å². The molecular formula is C7H12N2O5S. The zero-order chi connectivity index (χ0) is 11.8. The van der Waals surface area contributed by atoms with Gasteiger partial charge >= 0.3 is 5.97 Å². The Hall–Kier alpha value is -0.990.